The van der Waals surface area contributed by atoms with E-state index < -0.39 is 0 Å². The summed E-state index contributed by atoms with van der Waals surface area (Å²) >= 11 is 0. The van der Waals surface area contributed by atoms with Crippen molar-refractivity contribution < 1.29 is 4.74 Å². The van der Waals surface area contributed by atoms with Crippen molar-refractivity contribution in [2.75, 3.05) is 5.73 Å². The molecule has 0 unspecified atom stereocenters. The molecular weight excluding hydrogens is 242 g/mol. The lowest BCUT2D eigenvalue weighted by atomic mass is 10.2. The van der Waals surface area contributed by atoms with E-state index in [4.69, 9.17) is 10.5 Å². The van der Waals surface area contributed by atoms with Gasteiger partial charge in [0.1, 0.15) is 12.4 Å². The van der Waals surface area contributed by atoms with Crippen molar-refractivity contribution in [3.63, 3.8) is 0 Å². The predicted octanol–water partition coefficient (Wildman–Crippen LogP) is 1.94. The molecule has 0 radical (unpaired) electrons. The van der Waals surface area contributed by atoms with Crippen LogP contribution in [0.1, 0.15) is 31.2 Å². The number of aromatic nitrogens is 4. The summed E-state index contributed by atoms with van der Waals surface area (Å²) in [5.41, 5.74) is 7.45. The Labute approximate surface area is 112 Å². The third-order valence-corrected chi connectivity index (χ3v) is 2.89. The maximum Gasteiger partial charge on any atom is 0.189 e. The molecule has 0 spiro atoms. The van der Waals surface area contributed by atoms with Gasteiger partial charge in [-0.1, -0.05) is 13.3 Å². The molecule has 0 saturated heterocycles. The molecule has 2 aromatic rings. The number of benzene rings is 1. The Morgan fingerprint density at radius 1 is 1.37 bits per heavy atom. The van der Waals surface area contributed by atoms with Crippen LogP contribution in [0.4, 0.5) is 5.69 Å². The van der Waals surface area contributed by atoms with Crippen molar-refractivity contribution in [2.45, 2.75) is 39.8 Å². The van der Waals surface area contributed by atoms with E-state index in [0.29, 0.717) is 6.61 Å². The predicted molar refractivity (Wildman–Crippen MR) is 72.6 cm³/mol. The average Bonchev–Trinajstić information content (AvgIpc) is 2.83. The molecule has 2 rings (SSSR count). The summed E-state index contributed by atoms with van der Waals surface area (Å²) in [6, 6.07) is 5.57. The van der Waals surface area contributed by atoms with Crippen molar-refractivity contribution >= 4 is 5.69 Å². The number of tetrazole rings is 1. The molecule has 6 heteroatoms. The van der Waals surface area contributed by atoms with Crippen LogP contribution < -0.4 is 10.5 Å². The highest BCUT2D eigenvalue weighted by atomic mass is 16.5. The number of hydrogen-bond donors (Lipinski definition) is 1. The normalized spacial score (nSPS) is 10.6. The van der Waals surface area contributed by atoms with Crippen molar-refractivity contribution in [3.8, 4) is 5.75 Å². The van der Waals surface area contributed by atoms with Gasteiger partial charge in [0.15, 0.2) is 5.82 Å². The second kappa shape index (κ2) is 6.17. The quantitative estimate of drug-likeness (QED) is 0.804. The van der Waals surface area contributed by atoms with Crippen LogP contribution in [0, 0.1) is 6.92 Å². The van der Waals surface area contributed by atoms with Crippen molar-refractivity contribution in [1.29, 1.82) is 0 Å². The largest absolute Gasteiger partial charge is 0.485 e. The molecule has 0 bridgehead atoms. The van der Waals surface area contributed by atoms with E-state index in [1.54, 1.807) is 4.68 Å². The lowest BCUT2D eigenvalue weighted by molar-refractivity contribution is 0.284. The van der Waals surface area contributed by atoms with Gasteiger partial charge in [-0.25, -0.2) is 4.68 Å². The van der Waals surface area contributed by atoms with E-state index >= 15 is 0 Å². The Hall–Kier alpha value is -2.11. The van der Waals surface area contributed by atoms with Crippen LogP contribution in [0.3, 0.4) is 0 Å². The fourth-order valence-electron chi connectivity index (χ4n) is 1.79. The number of nitrogen functional groups attached to an aromatic ring is 1. The minimum atomic E-state index is 0.363. The molecule has 0 aliphatic carbocycles. The number of nitrogens with zero attached hydrogens (tertiary/aromatic N) is 4. The monoisotopic (exact) mass is 261 g/mol. The van der Waals surface area contributed by atoms with Gasteiger partial charge in [-0.3, -0.25) is 0 Å². The van der Waals surface area contributed by atoms with Crippen molar-refractivity contribution in [3.05, 3.63) is 29.6 Å². The van der Waals surface area contributed by atoms with Gasteiger partial charge in [0, 0.05) is 12.2 Å². The third-order valence-electron chi connectivity index (χ3n) is 2.89. The van der Waals surface area contributed by atoms with Crippen LogP contribution in [0.15, 0.2) is 18.2 Å². The summed E-state index contributed by atoms with van der Waals surface area (Å²) in [4.78, 5) is 0. The maximum absolute atomic E-state index is 5.74. The first kappa shape index (κ1) is 13.3. The highest BCUT2D eigenvalue weighted by Crippen LogP contribution is 2.20. The molecule has 0 aliphatic rings. The lowest BCUT2D eigenvalue weighted by Crippen LogP contribution is -2.09. The van der Waals surface area contributed by atoms with Gasteiger partial charge in [-0.2, -0.15) is 0 Å². The molecule has 0 saturated carbocycles. The molecule has 102 valence electrons. The smallest absolute Gasteiger partial charge is 0.189 e. The minimum absolute atomic E-state index is 0.363. The molecule has 2 N–H and O–H groups in total. The zero-order valence-corrected chi connectivity index (χ0v) is 11.3. The van der Waals surface area contributed by atoms with Gasteiger partial charge in [0.05, 0.1) is 0 Å². The Bertz CT molecular complexity index is 538. The molecule has 6 nitrogen and oxygen atoms in total. The van der Waals surface area contributed by atoms with E-state index in [0.717, 1.165) is 42.2 Å². The summed E-state index contributed by atoms with van der Waals surface area (Å²) in [5, 5.41) is 11.6. The van der Waals surface area contributed by atoms with E-state index in [9.17, 15) is 0 Å². The highest BCUT2D eigenvalue weighted by Gasteiger charge is 2.07. The Morgan fingerprint density at radius 3 is 2.95 bits per heavy atom. The van der Waals surface area contributed by atoms with Crippen LogP contribution in [0.2, 0.25) is 0 Å². The van der Waals surface area contributed by atoms with E-state index in [-0.39, 0.29) is 0 Å². The molecular formula is C13H19N5O. The highest BCUT2D eigenvalue weighted by molar-refractivity contribution is 5.47. The van der Waals surface area contributed by atoms with E-state index in [1.807, 2.05) is 25.1 Å². The summed E-state index contributed by atoms with van der Waals surface area (Å²) in [6.45, 7) is 5.29. The first-order chi connectivity index (χ1) is 9.20. The van der Waals surface area contributed by atoms with Gasteiger partial charge in [0.25, 0.3) is 0 Å². The number of anilines is 1. The molecule has 1 heterocycles. The summed E-state index contributed by atoms with van der Waals surface area (Å²) < 4.78 is 7.53. The number of aryl methyl sites for hydroxylation is 2. The number of rotatable bonds is 6. The van der Waals surface area contributed by atoms with Crippen LogP contribution in [0.25, 0.3) is 0 Å². The fourth-order valence-corrected chi connectivity index (χ4v) is 1.79. The molecule has 0 aliphatic heterocycles. The Balaban J connectivity index is 2.00. The van der Waals surface area contributed by atoms with Gasteiger partial charge in [-0.05, 0) is 47.5 Å². The lowest BCUT2D eigenvalue weighted by Gasteiger charge is -2.09. The topological polar surface area (TPSA) is 78.8 Å². The fraction of sp³-hybridized carbons (Fsp3) is 0.462. The van der Waals surface area contributed by atoms with E-state index in [1.165, 1.54) is 0 Å². The second-order valence-corrected chi connectivity index (χ2v) is 4.49. The zero-order valence-electron chi connectivity index (χ0n) is 11.3. The second-order valence-electron chi connectivity index (χ2n) is 4.49. The van der Waals surface area contributed by atoms with Gasteiger partial charge in [0.2, 0.25) is 0 Å². The van der Waals surface area contributed by atoms with Crippen LogP contribution >= 0.6 is 0 Å². The van der Waals surface area contributed by atoms with E-state index in [2.05, 4.69) is 22.4 Å². The number of ether oxygens (including phenoxy) is 1. The van der Waals surface area contributed by atoms with Gasteiger partial charge < -0.3 is 10.5 Å². The summed E-state index contributed by atoms with van der Waals surface area (Å²) in [5.74, 6) is 1.55. The number of hydrogen-bond acceptors (Lipinski definition) is 5. The van der Waals surface area contributed by atoms with Crippen LogP contribution in [0.5, 0.6) is 5.75 Å². The zero-order chi connectivity index (χ0) is 13.7. The maximum atomic E-state index is 5.74. The van der Waals surface area contributed by atoms with Gasteiger partial charge >= 0.3 is 0 Å². The molecule has 0 amide bonds. The Kier molecular flexibility index (Phi) is 4.33. The molecule has 19 heavy (non-hydrogen) atoms. The van der Waals surface area contributed by atoms with Crippen LogP contribution in [-0.2, 0) is 13.2 Å². The summed E-state index contributed by atoms with van der Waals surface area (Å²) in [6.07, 6.45) is 2.16. The first-order valence-electron chi connectivity index (χ1n) is 6.44. The molecule has 0 fully saturated rings. The number of unbranched alkanes of at least 4 members (excludes halogenated alkanes) is 1. The first-order valence-corrected chi connectivity index (χ1v) is 6.44. The van der Waals surface area contributed by atoms with Gasteiger partial charge in [-0.15, -0.1) is 5.10 Å². The van der Waals surface area contributed by atoms with Crippen molar-refractivity contribution in [2.24, 2.45) is 0 Å². The molecule has 0 atom stereocenters. The molecule has 1 aromatic carbocycles. The SMILES string of the molecule is CCCCn1nnnc1COc1ccc(N)cc1C. The Morgan fingerprint density at radius 2 is 2.21 bits per heavy atom. The third kappa shape index (κ3) is 3.43. The minimum Gasteiger partial charge on any atom is -0.485 e. The average molecular weight is 261 g/mol. The molecule has 1 aromatic heterocycles. The van der Waals surface area contributed by atoms with Crippen molar-refractivity contribution in [1.82, 2.24) is 20.2 Å². The summed E-state index contributed by atoms with van der Waals surface area (Å²) in [7, 11) is 0. The standard InChI is InChI=1S/C13H19N5O/c1-3-4-7-18-13(15-16-17-18)9-19-12-6-5-11(14)8-10(12)2/h5-6,8H,3-4,7,9,14H2,1-2H3. The van der Waals surface area contributed by atoms with Crippen LogP contribution in [-0.4, -0.2) is 20.2 Å². The number of nitrogens with two attached hydrogens (primary N) is 1.